The van der Waals surface area contributed by atoms with Crippen molar-refractivity contribution in [1.29, 1.82) is 0 Å². The average Bonchev–Trinajstić information content (AvgIpc) is 1.43. The lowest BCUT2D eigenvalue weighted by molar-refractivity contribution is 1.18. The lowest BCUT2D eigenvalue weighted by Gasteiger charge is -2.15. The molecule has 0 aliphatic carbocycles. The van der Waals surface area contributed by atoms with Crippen LogP contribution in [-0.4, -0.2) is 18.3 Å². The largest absolute Gasteiger partial charge is 0.309 e. The number of benzene rings is 19. The third kappa shape index (κ3) is 10.1. The summed E-state index contributed by atoms with van der Waals surface area (Å²) in [5, 5.41) is 20.2. The van der Waals surface area contributed by atoms with Gasteiger partial charge >= 0.3 is 0 Å². The van der Waals surface area contributed by atoms with Crippen molar-refractivity contribution in [3.05, 3.63) is 413 Å². The highest BCUT2D eigenvalue weighted by Gasteiger charge is 2.23. The molecule has 0 unspecified atom stereocenters. The van der Waals surface area contributed by atoms with Crippen molar-refractivity contribution < 1.29 is 0 Å². The van der Waals surface area contributed by atoms with E-state index >= 15 is 0 Å². The molecule has 0 N–H and O–H groups in total. The summed E-state index contributed by atoms with van der Waals surface area (Å²) in [6, 6.07) is 151. The maximum atomic E-state index is 2.49. The first kappa shape index (κ1) is 62.8. The molecule has 23 aromatic rings. The van der Waals surface area contributed by atoms with E-state index in [4.69, 9.17) is 0 Å². The molecular formula is C106H68N4. The van der Waals surface area contributed by atoms with Crippen molar-refractivity contribution in [3.63, 3.8) is 0 Å². The molecule has 0 amide bonds. The predicted molar refractivity (Wildman–Crippen MR) is 467 cm³/mol. The predicted octanol–water partition coefficient (Wildman–Crippen LogP) is 28.7. The highest BCUT2D eigenvalue weighted by atomic mass is 15.0. The molecule has 0 spiro atoms. The third-order valence-corrected chi connectivity index (χ3v) is 23.0. The van der Waals surface area contributed by atoms with Crippen LogP contribution in [0.2, 0.25) is 0 Å². The molecule has 0 saturated heterocycles. The van der Waals surface area contributed by atoms with Crippen LogP contribution in [0.15, 0.2) is 413 Å². The standard InChI is InChI=1S/C58H38N2.C48H30N2/c1-3-14-39(15-4-1)42-20-11-21-43(34-42)45-22-12-23-48(36-45)60-55-27-10-9-24-51(55)52-26-13-25-50(58(52)60)47-30-33-57-54(38-47)53-37-46(40-16-5-2-6-17-40)29-32-56(53)59(57)49-31-28-41-18-7-8-19-44(41)35-49;1-2-13-32(14-3-1)49-45-23-10-9-20-41(45)44-29-31(25-28-47(44)49)34-21-12-22-42-40-19-8-11-24-46(40)50(48(34)42)33-26-27-39-37-17-5-4-15-35(37)36-16-6-7-18-38(36)43(39)30-33/h1-38H;1-30H. The summed E-state index contributed by atoms with van der Waals surface area (Å²) in [6.45, 7) is 0. The second-order valence-electron chi connectivity index (χ2n) is 29.0. The summed E-state index contributed by atoms with van der Waals surface area (Å²) in [6.07, 6.45) is 0. The van der Waals surface area contributed by atoms with E-state index in [9.17, 15) is 0 Å². The normalized spacial score (nSPS) is 11.8. The Morgan fingerprint density at radius 1 is 0.127 bits per heavy atom. The van der Waals surface area contributed by atoms with Crippen LogP contribution in [0.3, 0.4) is 0 Å². The van der Waals surface area contributed by atoms with Crippen LogP contribution >= 0.6 is 0 Å². The lowest BCUT2D eigenvalue weighted by atomic mass is 9.94. The van der Waals surface area contributed by atoms with Crippen LogP contribution in [0.4, 0.5) is 0 Å². The molecule has 4 heteroatoms. The van der Waals surface area contributed by atoms with Gasteiger partial charge in [0, 0.05) is 77.0 Å². The monoisotopic (exact) mass is 1400 g/mol. The molecule has 4 aromatic heterocycles. The highest BCUT2D eigenvalue weighted by molar-refractivity contribution is 6.26. The molecule has 0 radical (unpaired) electrons. The number of rotatable bonds is 9. The minimum atomic E-state index is 1.14. The number of fused-ring (bicyclic) bond motifs is 19. The molecule has 512 valence electrons. The first-order valence-corrected chi connectivity index (χ1v) is 38.0. The van der Waals surface area contributed by atoms with Gasteiger partial charge in [0.25, 0.3) is 0 Å². The molecule has 4 nitrogen and oxygen atoms in total. The molecule has 0 atom stereocenters. The summed E-state index contributed by atoms with van der Waals surface area (Å²) in [5.74, 6) is 0. The van der Waals surface area contributed by atoms with Crippen molar-refractivity contribution >= 4 is 130 Å². The van der Waals surface area contributed by atoms with E-state index < -0.39 is 0 Å². The molecule has 19 aromatic carbocycles. The van der Waals surface area contributed by atoms with Gasteiger partial charge in [-0.15, -0.1) is 0 Å². The molecule has 0 aliphatic heterocycles. The van der Waals surface area contributed by atoms with E-state index in [1.807, 2.05) is 0 Å². The van der Waals surface area contributed by atoms with Crippen LogP contribution in [0.5, 0.6) is 0 Å². The maximum absolute atomic E-state index is 2.49. The number of para-hydroxylation sites is 6. The fourth-order valence-electron chi connectivity index (χ4n) is 18.0. The van der Waals surface area contributed by atoms with Gasteiger partial charge in [-0.2, -0.15) is 0 Å². The van der Waals surface area contributed by atoms with Gasteiger partial charge in [-0.25, -0.2) is 0 Å². The van der Waals surface area contributed by atoms with Gasteiger partial charge in [-0.1, -0.05) is 303 Å². The molecule has 0 saturated carbocycles. The summed E-state index contributed by atoms with van der Waals surface area (Å²) in [4.78, 5) is 0. The van der Waals surface area contributed by atoms with E-state index in [-0.39, 0.29) is 0 Å². The third-order valence-electron chi connectivity index (χ3n) is 23.0. The Morgan fingerprint density at radius 3 is 1.02 bits per heavy atom. The zero-order valence-electron chi connectivity index (χ0n) is 60.0. The minimum absolute atomic E-state index is 1.14. The van der Waals surface area contributed by atoms with Gasteiger partial charge in [0.15, 0.2) is 0 Å². The second kappa shape index (κ2) is 25.6. The van der Waals surface area contributed by atoms with E-state index in [1.165, 1.54) is 197 Å². The Labute approximate surface area is 635 Å². The van der Waals surface area contributed by atoms with Crippen molar-refractivity contribution in [2.75, 3.05) is 0 Å². The fraction of sp³-hybridized carbons (Fsp3) is 0. The van der Waals surface area contributed by atoms with Crippen LogP contribution in [0.25, 0.3) is 209 Å². The highest BCUT2D eigenvalue weighted by Crippen LogP contribution is 2.46. The summed E-state index contributed by atoms with van der Waals surface area (Å²) >= 11 is 0. The number of hydrogen-bond donors (Lipinski definition) is 0. The molecule has 23 rings (SSSR count). The minimum Gasteiger partial charge on any atom is -0.309 e. The number of aromatic nitrogens is 4. The summed E-state index contributed by atoms with van der Waals surface area (Å²) in [7, 11) is 0. The van der Waals surface area contributed by atoms with Crippen LogP contribution in [0, 0.1) is 0 Å². The molecule has 0 fully saturated rings. The molecule has 4 heterocycles. The van der Waals surface area contributed by atoms with E-state index in [2.05, 4.69) is 431 Å². The summed E-state index contributed by atoms with van der Waals surface area (Å²) in [5.41, 5.74) is 26.3. The molecular weight excluding hydrogens is 1330 g/mol. The second-order valence-corrected chi connectivity index (χ2v) is 29.0. The Bertz CT molecular complexity index is 7600. The van der Waals surface area contributed by atoms with Gasteiger partial charge in [0.2, 0.25) is 0 Å². The van der Waals surface area contributed by atoms with Gasteiger partial charge in [-0.3, -0.25) is 0 Å². The number of hydrogen-bond acceptors (Lipinski definition) is 0. The van der Waals surface area contributed by atoms with E-state index in [1.54, 1.807) is 0 Å². The lowest BCUT2D eigenvalue weighted by Crippen LogP contribution is -1.96. The van der Waals surface area contributed by atoms with Crippen LogP contribution in [-0.2, 0) is 0 Å². The van der Waals surface area contributed by atoms with Crippen molar-refractivity contribution in [2.24, 2.45) is 0 Å². The van der Waals surface area contributed by atoms with E-state index in [0.717, 1.165) is 11.4 Å². The van der Waals surface area contributed by atoms with Gasteiger partial charge in [0.1, 0.15) is 0 Å². The quantitative estimate of drug-likeness (QED) is 0.128. The van der Waals surface area contributed by atoms with Crippen molar-refractivity contribution in [1.82, 2.24) is 18.3 Å². The van der Waals surface area contributed by atoms with Gasteiger partial charge in [-0.05, 0) is 197 Å². The first-order chi connectivity index (χ1) is 54.6. The summed E-state index contributed by atoms with van der Waals surface area (Å²) < 4.78 is 9.78. The van der Waals surface area contributed by atoms with Crippen molar-refractivity contribution in [2.45, 2.75) is 0 Å². The zero-order chi connectivity index (χ0) is 72.3. The SMILES string of the molecule is c1ccc(-c2cccc(-c3cccc(-n4c5ccccc5c5cccc(-c6ccc7c(c6)c6cc(-c8ccccc8)ccc6n7-c6ccc7ccccc7c6)c54)c3)c2)cc1.c1ccc(-n2c3ccccc3c3cc(-c4cccc5c6ccccc6n(-c6ccc7c8ccccc8c8ccccc8c7c6)c45)ccc32)cc1. The first-order valence-electron chi connectivity index (χ1n) is 38.0. The Balaban J connectivity index is 0.000000138. The van der Waals surface area contributed by atoms with E-state index in [0.29, 0.717) is 0 Å². The Kier molecular flexibility index (Phi) is 14.6. The van der Waals surface area contributed by atoms with Crippen molar-refractivity contribution in [3.8, 4) is 78.4 Å². The molecule has 0 aliphatic rings. The van der Waals surface area contributed by atoms with Crippen LogP contribution < -0.4 is 0 Å². The molecule has 110 heavy (non-hydrogen) atoms. The average molecular weight is 1400 g/mol. The zero-order valence-corrected chi connectivity index (χ0v) is 60.0. The van der Waals surface area contributed by atoms with Crippen LogP contribution in [0.1, 0.15) is 0 Å². The number of nitrogens with zero attached hydrogens (tertiary/aromatic N) is 4. The van der Waals surface area contributed by atoms with Gasteiger partial charge in [0.05, 0.1) is 44.1 Å². The Morgan fingerprint density at radius 2 is 0.455 bits per heavy atom. The Hall–Kier alpha value is -14.6. The maximum Gasteiger partial charge on any atom is 0.0619 e. The molecule has 0 bridgehead atoms. The van der Waals surface area contributed by atoms with Gasteiger partial charge < -0.3 is 18.3 Å². The smallest absolute Gasteiger partial charge is 0.0619 e. The fourth-order valence-corrected chi connectivity index (χ4v) is 18.0. The topological polar surface area (TPSA) is 19.7 Å².